The number of carbonyl (C=O) groups excluding carboxylic acids is 1. The summed E-state index contributed by atoms with van der Waals surface area (Å²) < 4.78 is 10.2. The zero-order chi connectivity index (χ0) is 13.9. The molecule has 5 heteroatoms. The van der Waals surface area contributed by atoms with Crippen molar-refractivity contribution >= 4 is 5.91 Å². The average Bonchev–Trinajstić information content (AvgIpc) is 2.95. The van der Waals surface area contributed by atoms with E-state index in [-0.39, 0.29) is 5.91 Å². The SMILES string of the molecule is COc1ccc(CC(=O)N2CCc3oncc3C2)cc1. The van der Waals surface area contributed by atoms with Gasteiger partial charge in [0.05, 0.1) is 26.3 Å². The molecule has 1 amide bonds. The molecule has 1 aliphatic rings. The number of ether oxygens (including phenoxy) is 1. The van der Waals surface area contributed by atoms with Gasteiger partial charge in [0.2, 0.25) is 5.91 Å². The molecule has 0 saturated heterocycles. The second-order valence-electron chi connectivity index (χ2n) is 4.86. The highest BCUT2D eigenvalue weighted by Crippen LogP contribution is 2.19. The fraction of sp³-hybridized carbons (Fsp3) is 0.333. The van der Waals surface area contributed by atoms with Crippen LogP contribution in [0, 0.1) is 0 Å². The zero-order valence-corrected chi connectivity index (χ0v) is 11.3. The van der Waals surface area contributed by atoms with Crippen LogP contribution >= 0.6 is 0 Å². The third-order valence-corrected chi connectivity index (χ3v) is 3.57. The molecule has 0 N–H and O–H groups in total. The third-order valence-electron chi connectivity index (χ3n) is 3.57. The average molecular weight is 272 g/mol. The molecule has 1 aromatic heterocycles. The Labute approximate surface area is 117 Å². The molecule has 0 bridgehead atoms. The van der Waals surface area contributed by atoms with E-state index in [0.717, 1.165) is 29.1 Å². The molecule has 0 spiro atoms. The topological polar surface area (TPSA) is 55.6 Å². The predicted molar refractivity (Wildman–Crippen MR) is 72.3 cm³/mol. The molecule has 0 saturated carbocycles. The zero-order valence-electron chi connectivity index (χ0n) is 11.3. The summed E-state index contributed by atoms with van der Waals surface area (Å²) in [6.07, 6.45) is 2.84. The number of rotatable bonds is 3. The Hall–Kier alpha value is -2.30. The van der Waals surface area contributed by atoms with E-state index in [1.165, 1.54) is 0 Å². The van der Waals surface area contributed by atoms with Crippen molar-refractivity contribution in [1.82, 2.24) is 10.1 Å². The van der Waals surface area contributed by atoms with E-state index in [0.29, 0.717) is 19.5 Å². The number of benzene rings is 1. The number of hydrogen-bond acceptors (Lipinski definition) is 4. The van der Waals surface area contributed by atoms with Crippen LogP contribution in [-0.2, 0) is 24.2 Å². The van der Waals surface area contributed by atoms with Crippen molar-refractivity contribution in [3.8, 4) is 5.75 Å². The lowest BCUT2D eigenvalue weighted by atomic mass is 10.1. The molecule has 0 atom stereocenters. The smallest absolute Gasteiger partial charge is 0.227 e. The summed E-state index contributed by atoms with van der Waals surface area (Å²) in [4.78, 5) is 14.1. The lowest BCUT2D eigenvalue weighted by Gasteiger charge is -2.25. The van der Waals surface area contributed by atoms with E-state index in [2.05, 4.69) is 5.16 Å². The van der Waals surface area contributed by atoms with Crippen LogP contribution in [0.4, 0.5) is 0 Å². The number of methoxy groups -OCH3 is 1. The largest absolute Gasteiger partial charge is 0.497 e. The molecule has 0 radical (unpaired) electrons. The van der Waals surface area contributed by atoms with Crippen LogP contribution in [0.2, 0.25) is 0 Å². The summed E-state index contributed by atoms with van der Waals surface area (Å²) in [6, 6.07) is 7.59. The predicted octanol–water partition coefficient (Wildman–Crippen LogP) is 1.81. The van der Waals surface area contributed by atoms with Gasteiger partial charge in [0.1, 0.15) is 11.5 Å². The van der Waals surface area contributed by atoms with Crippen LogP contribution in [0.1, 0.15) is 16.9 Å². The van der Waals surface area contributed by atoms with Gasteiger partial charge in [0.15, 0.2) is 0 Å². The highest BCUT2D eigenvalue weighted by Gasteiger charge is 2.23. The fourth-order valence-corrected chi connectivity index (χ4v) is 2.38. The first-order valence-corrected chi connectivity index (χ1v) is 6.59. The van der Waals surface area contributed by atoms with Gasteiger partial charge in [-0.2, -0.15) is 0 Å². The summed E-state index contributed by atoms with van der Waals surface area (Å²) in [5.74, 6) is 1.83. The van der Waals surface area contributed by atoms with Crippen molar-refractivity contribution in [1.29, 1.82) is 0 Å². The molecule has 0 fully saturated rings. The van der Waals surface area contributed by atoms with Crippen LogP contribution in [0.25, 0.3) is 0 Å². The highest BCUT2D eigenvalue weighted by atomic mass is 16.5. The van der Waals surface area contributed by atoms with Crippen molar-refractivity contribution in [3.63, 3.8) is 0 Å². The number of carbonyl (C=O) groups is 1. The minimum Gasteiger partial charge on any atom is -0.497 e. The molecule has 2 heterocycles. The Balaban J connectivity index is 1.65. The lowest BCUT2D eigenvalue weighted by Crippen LogP contribution is -2.36. The fourth-order valence-electron chi connectivity index (χ4n) is 2.38. The second-order valence-corrected chi connectivity index (χ2v) is 4.86. The van der Waals surface area contributed by atoms with Crippen LogP contribution < -0.4 is 4.74 Å². The van der Waals surface area contributed by atoms with Gasteiger partial charge in [-0.1, -0.05) is 17.3 Å². The van der Waals surface area contributed by atoms with E-state index in [4.69, 9.17) is 9.26 Å². The molecule has 20 heavy (non-hydrogen) atoms. The normalized spacial score (nSPS) is 13.9. The maximum absolute atomic E-state index is 12.3. The Morgan fingerprint density at radius 2 is 2.20 bits per heavy atom. The summed E-state index contributed by atoms with van der Waals surface area (Å²) in [6.45, 7) is 1.28. The molecule has 0 unspecified atom stereocenters. The van der Waals surface area contributed by atoms with E-state index < -0.39 is 0 Å². The first-order valence-electron chi connectivity index (χ1n) is 6.59. The van der Waals surface area contributed by atoms with Crippen molar-refractivity contribution < 1.29 is 14.1 Å². The maximum Gasteiger partial charge on any atom is 0.227 e. The van der Waals surface area contributed by atoms with E-state index >= 15 is 0 Å². The minimum absolute atomic E-state index is 0.127. The van der Waals surface area contributed by atoms with Crippen molar-refractivity contribution in [2.45, 2.75) is 19.4 Å². The van der Waals surface area contributed by atoms with Crippen LogP contribution in [0.3, 0.4) is 0 Å². The summed E-state index contributed by atoms with van der Waals surface area (Å²) >= 11 is 0. The van der Waals surface area contributed by atoms with Gasteiger partial charge < -0.3 is 14.2 Å². The van der Waals surface area contributed by atoms with Gasteiger partial charge in [-0.25, -0.2) is 0 Å². The first-order chi connectivity index (χ1) is 9.76. The second kappa shape index (κ2) is 5.36. The third kappa shape index (κ3) is 2.52. The van der Waals surface area contributed by atoms with Gasteiger partial charge in [-0.05, 0) is 17.7 Å². The van der Waals surface area contributed by atoms with E-state index in [9.17, 15) is 4.79 Å². The van der Waals surface area contributed by atoms with Crippen molar-refractivity contribution in [3.05, 3.63) is 47.3 Å². The minimum atomic E-state index is 0.127. The Bertz CT molecular complexity index is 604. The van der Waals surface area contributed by atoms with Gasteiger partial charge >= 0.3 is 0 Å². The van der Waals surface area contributed by atoms with E-state index in [1.807, 2.05) is 29.2 Å². The number of hydrogen-bond donors (Lipinski definition) is 0. The number of fused-ring (bicyclic) bond motifs is 1. The maximum atomic E-state index is 12.3. The molecular formula is C15H16N2O3. The van der Waals surface area contributed by atoms with Crippen LogP contribution in [0.5, 0.6) is 5.75 Å². The van der Waals surface area contributed by atoms with Crippen LogP contribution in [0.15, 0.2) is 35.0 Å². The Morgan fingerprint density at radius 3 is 2.95 bits per heavy atom. The quantitative estimate of drug-likeness (QED) is 0.855. The van der Waals surface area contributed by atoms with Crippen molar-refractivity contribution in [2.75, 3.05) is 13.7 Å². The lowest BCUT2D eigenvalue weighted by molar-refractivity contribution is -0.131. The van der Waals surface area contributed by atoms with Gasteiger partial charge in [-0.15, -0.1) is 0 Å². The molecule has 1 aliphatic heterocycles. The summed E-state index contributed by atoms with van der Waals surface area (Å²) in [5, 5.41) is 3.77. The first kappa shape index (κ1) is 12.7. The molecule has 104 valence electrons. The van der Waals surface area contributed by atoms with Gasteiger partial charge in [-0.3, -0.25) is 4.79 Å². The molecule has 1 aromatic carbocycles. The van der Waals surface area contributed by atoms with E-state index in [1.54, 1.807) is 13.3 Å². The summed E-state index contributed by atoms with van der Waals surface area (Å²) in [5.41, 5.74) is 2.01. The molecular weight excluding hydrogens is 256 g/mol. The Kier molecular flexibility index (Phi) is 3.41. The van der Waals surface area contributed by atoms with Crippen molar-refractivity contribution in [2.24, 2.45) is 0 Å². The Morgan fingerprint density at radius 1 is 1.40 bits per heavy atom. The van der Waals surface area contributed by atoms with Crippen LogP contribution in [-0.4, -0.2) is 29.6 Å². The standard InChI is InChI=1S/C15H16N2O3/c1-19-13-4-2-11(3-5-13)8-15(18)17-7-6-14-12(10-17)9-16-20-14/h2-5,9H,6-8,10H2,1H3. The molecule has 5 nitrogen and oxygen atoms in total. The molecule has 2 aromatic rings. The number of amides is 1. The number of aromatic nitrogens is 1. The molecule has 3 rings (SSSR count). The van der Waals surface area contributed by atoms with Gasteiger partial charge in [0.25, 0.3) is 0 Å². The number of nitrogens with zero attached hydrogens (tertiary/aromatic N) is 2. The monoisotopic (exact) mass is 272 g/mol. The van der Waals surface area contributed by atoms with Gasteiger partial charge in [0, 0.05) is 18.5 Å². The molecule has 0 aliphatic carbocycles. The highest BCUT2D eigenvalue weighted by molar-refractivity contribution is 5.79. The summed E-state index contributed by atoms with van der Waals surface area (Å²) in [7, 11) is 1.63.